The Bertz CT molecular complexity index is 688. The SMILES string of the molecule is Cn1nc(NCc2sccc2Br)c(=O)n(C)c1=O. The van der Waals surface area contributed by atoms with Gasteiger partial charge in [0.2, 0.25) is 5.82 Å². The van der Waals surface area contributed by atoms with Crippen molar-refractivity contribution < 1.29 is 0 Å². The zero-order valence-electron chi connectivity index (χ0n) is 9.81. The highest BCUT2D eigenvalue weighted by molar-refractivity contribution is 9.10. The summed E-state index contributed by atoms with van der Waals surface area (Å²) in [5.74, 6) is 0.167. The molecule has 0 aliphatic rings. The van der Waals surface area contributed by atoms with E-state index in [2.05, 4.69) is 26.3 Å². The first kappa shape index (κ1) is 13.0. The lowest BCUT2D eigenvalue weighted by atomic mass is 10.4. The molecule has 0 saturated heterocycles. The van der Waals surface area contributed by atoms with E-state index in [-0.39, 0.29) is 5.82 Å². The molecule has 96 valence electrons. The third kappa shape index (κ3) is 2.39. The van der Waals surface area contributed by atoms with E-state index >= 15 is 0 Å². The Morgan fingerprint density at radius 2 is 2.17 bits per heavy atom. The molecule has 0 fully saturated rings. The minimum absolute atomic E-state index is 0.167. The first-order chi connectivity index (χ1) is 8.50. The number of thiophene rings is 1. The summed E-state index contributed by atoms with van der Waals surface area (Å²) in [5, 5.41) is 8.80. The molecule has 0 aliphatic carbocycles. The van der Waals surface area contributed by atoms with Gasteiger partial charge in [-0.15, -0.1) is 16.4 Å². The number of hydrogen-bond acceptors (Lipinski definition) is 5. The van der Waals surface area contributed by atoms with Crippen LogP contribution in [0.25, 0.3) is 0 Å². The predicted molar refractivity (Wildman–Crippen MR) is 74.1 cm³/mol. The lowest BCUT2D eigenvalue weighted by Gasteiger charge is -2.07. The van der Waals surface area contributed by atoms with Crippen LogP contribution in [0, 0.1) is 0 Å². The van der Waals surface area contributed by atoms with Crippen molar-refractivity contribution in [3.63, 3.8) is 0 Å². The van der Waals surface area contributed by atoms with Crippen LogP contribution in [0.1, 0.15) is 4.88 Å². The standard InChI is InChI=1S/C10H11BrN4O2S/c1-14-9(16)8(13-15(2)10(14)17)12-5-7-6(11)3-4-18-7/h3-4H,5H2,1-2H3,(H,12,13). The number of anilines is 1. The van der Waals surface area contributed by atoms with Gasteiger partial charge in [-0.25, -0.2) is 9.48 Å². The van der Waals surface area contributed by atoms with E-state index in [4.69, 9.17) is 0 Å². The summed E-state index contributed by atoms with van der Waals surface area (Å²) >= 11 is 4.98. The zero-order chi connectivity index (χ0) is 13.3. The molecule has 0 atom stereocenters. The van der Waals surface area contributed by atoms with E-state index in [1.165, 1.54) is 14.1 Å². The number of halogens is 1. The molecule has 1 N–H and O–H groups in total. The molecular formula is C10H11BrN4O2S. The van der Waals surface area contributed by atoms with E-state index in [1.807, 2.05) is 11.4 Å². The molecule has 0 bridgehead atoms. The van der Waals surface area contributed by atoms with Gasteiger partial charge in [-0.05, 0) is 27.4 Å². The van der Waals surface area contributed by atoms with Crippen LogP contribution in [0.3, 0.4) is 0 Å². The summed E-state index contributed by atoms with van der Waals surface area (Å²) in [6.07, 6.45) is 0. The van der Waals surface area contributed by atoms with Crippen molar-refractivity contribution in [3.8, 4) is 0 Å². The molecule has 0 radical (unpaired) electrons. The number of hydrogen-bond donors (Lipinski definition) is 1. The summed E-state index contributed by atoms with van der Waals surface area (Å²) in [5.41, 5.74) is -0.867. The molecule has 18 heavy (non-hydrogen) atoms. The number of aromatic nitrogens is 3. The minimum atomic E-state index is -0.442. The van der Waals surface area contributed by atoms with Crippen molar-refractivity contribution in [1.29, 1.82) is 0 Å². The van der Waals surface area contributed by atoms with Gasteiger partial charge in [0.05, 0.1) is 6.54 Å². The summed E-state index contributed by atoms with van der Waals surface area (Å²) in [4.78, 5) is 24.3. The van der Waals surface area contributed by atoms with Crippen LogP contribution in [-0.2, 0) is 20.6 Å². The number of nitrogens with one attached hydrogen (secondary N) is 1. The van der Waals surface area contributed by atoms with Crippen molar-refractivity contribution in [1.82, 2.24) is 14.3 Å². The number of nitrogens with zero attached hydrogens (tertiary/aromatic N) is 3. The molecule has 2 aromatic heterocycles. The smallest absolute Gasteiger partial charge is 0.346 e. The molecule has 2 aromatic rings. The molecule has 0 aliphatic heterocycles. The second-order valence-electron chi connectivity index (χ2n) is 3.66. The topological polar surface area (TPSA) is 68.9 Å². The van der Waals surface area contributed by atoms with Gasteiger partial charge in [-0.3, -0.25) is 9.36 Å². The Morgan fingerprint density at radius 1 is 1.44 bits per heavy atom. The van der Waals surface area contributed by atoms with E-state index in [9.17, 15) is 9.59 Å². The molecule has 0 aromatic carbocycles. The molecule has 0 amide bonds. The van der Waals surface area contributed by atoms with Crippen LogP contribution in [0.5, 0.6) is 0 Å². The van der Waals surface area contributed by atoms with Crippen molar-refractivity contribution in [3.05, 3.63) is 41.6 Å². The second kappa shape index (κ2) is 5.07. The van der Waals surface area contributed by atoms with Crippen LogP contribution in [0.4, 0.5) is 5.82 Å². The second-order valence-corrected chi connectivity index (χ2v) is 5.52. The Hall–Kier alpha value is -1.41. The molecule has 8 heteroatoms. The third-order valence-corrected chi connectivity index (χ3v) is 4.35. The molecule has 2 heterocycles. The Labute approximate surface area is 115 Å². The van der Waals surface area contributed by atoms with Crippen molar-refractivity contribution >= 4 is 33.1 Å². The fourth-order valence-corrected chi connectivity index (χ4v) is 2.86. The van der Waals surface area contributed by atoms with Gasteiger partial charge in [-0.1, -0.05) is 0 Å². The normalized spacial score (nSPS) is 10.6. The highest BCUT2D eigenvalue weighted by Crippen LogP contribution is 2.22. The highest BCUT2D eigenvalue weighted by Gasteiger charge is 2.09. The van der Waals surface area contributed by atoms with Crippen molar-refractivity contribution in [2.45, 2.75) is 6.54 Å². The maximum absolute atomic E-state index is 11.8. The fourth-order valence-electron chi connectivity index (χ4n) is 1.42. The summed E-state index contributed by atoms with van der Waals surface area (Å²) in [6.45, 7) is 0.485. The van der Waals surface area contributed by atoms with E-state index in [0.717, 1.165) is 18.6 Å². The van der Waals surface area contributed by atoms with Crippen LogP contribution < -0.4 is 16.6 Å². The van der Waals surface area contributed by atoms with Crippen molar-refractivity contribution in [2.75, 3.05) is 5.32 Å². The first-order valence-corrected chi connectivity index (χ1v) is 6.78. The molecule has 0 unspecified atom stereocenters. The molecule has 6 nitrogen and oxygen atoms in total. The molecule has 0 saturated carbocycles. The van der Waals surface area contributed by atoms with Crippen LogP contribution in [0.2, 0.25) is 0 Å². The molecule has 0 spiro atoms. The molecule has 2 rings (SSSR count). The van der Waals surface area contributed by atoms with Gasteiger partial charge in [-0.2, -0.15) is 0 Å². The zero-order valence-corrected chi connectivity index (χ0v) is 12.2. The van der Waals surface area contributed by atoms with Crippen molar-refractivity contribution in [2.24, 2.45) is 14.1 Å². The van der Waals surface area contributed by atoms with Gasteiger partial charge in [0, 0.05) is 23.4 Å². The highest BCUT2D eigenvalue weighted by atomic mass is 79.9. The molecular weight excluding hydrogens is 320 g/mol. The quantitative estimate of drug-likeness (QED) is 0.908. The maximum Gasteiger partial charge on any atom is 0.346 e. The van der Waals surface area contributed by atoms with E-state index in [0.29, 0.717) is 6.54 Å². The maximum atomic E-state index is 11.8. The Morgan fingerprint density at radius 3 is 2.78 bits per heavy atom. The first-order valence-electron chi connectivity index (χ1n) is 5.11. The monoisotopic (exact) mass is 330 g/mol. The van der Waals surface area contributed by atoms with Crippen LogP contribution in [-0.4, -0.2) is 14.3 Å². The average molecular weight is 331 g/mol. The van der Waals surface area contributed by atoms with E-state index < -0.39 is 11.2 Å². The average Bonchev–Trinajstić information content (AvgIpc) is 2.75. The van der Waals surface area contributed by atoms with Crippen LogP contribution in [0.15, 0.2) is 25.5 Å². The summed E-state index contributed by atoms with van der Waals surface area (Å²) in [6, 6.07) is 1.94. The third-order valence-electron chi connectivity index (χ3n) is 2.43. The summed E-state index contributed by atoms with van der Waals surface area (Å²) < 4.78 is 3.15. The number of aryl methyl sites for hydroxylation is 1. The largest absolute Gasteiger partial charge is 0.359 e. The predicted octanol–water partition coefficient (Wildman–Crippen LogP) is 0.915. The lowest BCUT2D eigenvalue weighted by Crippen LogP contribution is -2.39. The summed E-state index contributed by atoms with van der Waals surface area (Å²) in [7, 11) is 2.94. The number of rotatable bonds is 3. The lowest BCUT2D eigenvalue weighted by molar-refractivity contribution is 0.604. The fraction of sp³-hybridized carbons (Fsp3) is 0.300. The minimum Gasteiger partial charge on any atom is -0.359 e. The van der Waals surface area contributed by atoms with Gasteiger partial charge in [0.1, 0.15) is 0 Å². The van der Waals surface area contributed by atoms with E-state index in [1.54, 1.807) is 11.3 Å². The van der Waals surface area contributed by atoms with Crippen LogP contribution >= 0.6 is 27.3 Å². The van der Waals surface area contributed by atoms with Gasteiger partial charge in [0.15, 0.2) is 0 Å². The van der Waals surface area contributed by atoms with Gasteiger partial charge < -0.3 is 5.32 Å². The Balaban J connectivity index is 2.28. The Kier molecular flexibility index (Phi) is 3.67. The van der Waals surface area contributed by atoms with Gasteiger partial charge >= 0.3 is 5.69 Å². The van der Waals surface area contributed by atoms with Gasteiger partial charge in [0.25, 0.3) is 5.56 Å².